The molecule has 0 bridgehead atoms. The summed E-state index contributed by atoms with van der Waals surface area (Å²) in [6, 6.07) is 12.0. The molecule has 2 aliphatic rings. The maximum absolute atomic E-state index is 13.4. The highest BCUT2D eigenvalue weighted by Gasteiger charge is 2.41. The predicted octanol–water partition coefficient (Wildman–Crippen LogP) is 5.68. The maximum Gasteiger partial charge on any atom is 0.573 e. The lowest BCUT2D eigenvalue weighted by atomic mass is 9.93. The number of hydrogen-bond donors (Lipinski definition) is 1. The summed E-state index contributed by atoms with van der Waals surface area (Å²) in [5.41, 5.74) is -0.251. The van der Waals surface area contributed by atoms with E-state index in [1.165, 1.54) is 6.07 Å². The fourth-order valence-corrected chi connectivity index (χ4v) is 5.44. The minimum atomic E-state index is -4.95. The fraction of sp³-hybridized carbons (Fsp3) is 0.269. The summed E-state index contributed by atoms with van der Waals surface area (Å²) >= 11 is 0. The molecule has 0 aromatic heterocycles. The van der Waals surface area contributed by atoms with Crippen LogP contribution in [0.25, 0.3) is 0 Å². The summed E-state index contributed by atoms with van der Waals surface area (Å²) in [6.07, 6.45) is -9.90. The fourth-order valence-electron chi connectivity index (χ4n) is 4.52. The van der Waals surface area contributed by atoms with E-state index in [4.69, 9.17) is 9.47 Å². The third-order valence-corrected chi connectivity index (χ3v) is 7.67. The molecule has 0 aliphatic carbocycles. The molecule has 3 aromatic rings. The monoisotopic (exact) mass is 602 g/mol. The van der Waals surface area contributed by atoms with E-state index < -0.39 is 56.8 Å². The van der Waals surface area contributed by atoms with Gasteiger partial charge in [-0.2, -0.15) is 26.0 Å². The summed E-state index contributed by atoms with van der Waals surface area (Å²) in [4.78, 5) is 1.16. The highest BCUT2D eigenvalue weighted by molar-refractivity contribution is 7.90. The lowest BCUT2D eigenvalue weighted by Gasteiger charge is -2.44. The van der Waals surface area contributed by atoms with Gasteiger partial charge < -0.3 is 24.2 Å². The SMILES string of the molecule is O=S(=O)(N=CC1COC[C@H](N2c3ccccc3Oc3cc(C(F)(F)F)ccc32)[C@H]1O)c1ccc(OC(F)(F)F)cc1. The zero-order valence-electron chi connectivity index (χ0n) is 20.6. The van der Waals surface area contributed by atoms with E-state index in [-0.39, 0.29) is 30.4 Å². The molecular formula is C26H20F6N2O6S. The number of aliphatic hydroxyl groups excluding tert-OH is 1. The van der Waals surface area contributed by atoms with Crippen LogP contribution in [0, 0.1) is 5.92 Å². The van der Waals surface area contributed by atoms with Crippen molar-refractivity contribution in [1.82, 2.24) is 0 Å². The van der Waals surface area contributed by atoms with E-state index in [2.05, 4.69) is 9.13 Å². The van der Waals surface area contributed by atoms with Crippen molar-refractivity contribution in [3.63, 3.8) is 0 Å². The molecular weight excluding hydrogens is 582 g/mol. The highest BCUT2D eigenvalue weighted by atomic mass is 32.2. The summed E-state index contributed by atoms with van der Waals surface area (Å²) in [5, 5.41) is 11.3. The molecule has 3 atom stereocenters. The first-order valence-electron chi connectivity index (χ1n) is 11.9. The number of anilines is 2. The second-order valence-electron chi connectivity index (χ2n) is 9.13. The molecule has 5 rings (SSSR count). The van der Waals surface area contributed by atoms with Gasteiger partial charge in [0.15, 0.2) is 11.5 Å². The van der Waals surface area contributed by atoms with Gasteiger partial charge in [-0.1, -0.05) is 12.1 Å². The third kappa shape index (κ3) is 6.11. The van der Waals surface area contributed by atoms with Crippen LogP contribution in [0.4, 0.5) is 37.7 Å². The van der Waals surface area contributed by atoms with Crippen molar-refractivity contribution < 1.29 is 54.1 Å². The molecule has 0 amide bonds. The number of ether oxygens (including phenoxy) is 3. The summed E-state index contributed by atoms with van der Waals surface area (Å²) < 4.78 is 121. The van der Waals surface area contributed by atoms with Crippen LogP contribution in [0.3, 0.4) is 0 Å². The summed E-state index contributed by atoms with van der Waals surface area (Å²) in [7, 11) is -4.38. The first-order valence-corrected chi connectivity index (χ1v) is 13.4. The van der Waals surface area contributed by atoms with E-state index >= 15 is 0 Å². The number of para-hydroxylation sites is 2. The predicted molar refractivity (Wildman–Crippen MR) is 133 cm³/mol. The van der Waals surface area contributed by atoms with Crippen molar-refractivity contribution in [3.8, 4) is 17.2 Å². The second kappa shape index (κ2) is 10.5. The topological polar surface area (TPSA) is 97.7 Å². The van der Waals surface area contributed by atoms with Crippen LogP contribution >= 0.6 is 0 Å². The van der Waals surface area contributed by atoms with Gasteiger partial charge in [-0.25, -0.2) is 0 Å². The summed E-state index contributed by atoms with van der Waals surface area (Å²) in [5.74, 6) is -1.44. The van der Waals surface area contributed by atoms with Crippen molar-refractivity contribution in [1.29, 1.82) is 0 Å². The average molecular weight is 603 g/mol. The Morgan fingerprint density at radius 1 is 0.927 bits per heavy atom. The minimum Gasteiger partial charge on any atom is -0.453 e. The minimum absolute atomic E-state index is 0.0618. The lowest BCUT2D eigenvalue weighted by molar-refractivity contribution is -0.274. The first-order chi connectivity index (χ1) is 19.2. The molecule has 2 heterocycles. The first kappa shape index (κ1) is 28.7. The normalized spacial score (nSPS) is 21.2. The molecule has 0 saturated carbocycles. The molecule has 8 nitrogen and oxygen atoms in total. The molecule has 15 heteroatoms. The molecule has 1 fully saturated rings. The Morgan fingerprint density at radius 2 is 1.61 bits per heavy atom. The Kier molecular flexibility index (Phi) is 7.38. The Hall–Kier alpha value is -3.82. The van der Waals surface area contributed by atoms with E-state index in [9.17, 15) is 39.9 Å². The number of nitrogens with zero attached hydrogens (tertiary/aromatic N) is 2. The number of alkyl halides is 6. The van der Waals surface area contributed by atoms with E-state index in [1.807, 2.05) is 0 Å². The van der Waals surface area contributed by atoms with Gasteiger partial charge in [-0.3, -0.25) is 0 Å². The highest BCUT2D eigenvalue weighted by Crippen LogP contribution is 2.50. The molecule has 0 spiro atoms. The number of sulfonamides is 1. The van der Waals surface area contributed by atoms with Crippen LogP contribution in [0.2, 0.25) is 0 Å². The van der Waals surface area contributed by atoms with Crippen LogP contribution in [0.5, 0.6) is 17.2 Å². The quantitative estimate of drug-likeness (QED) is 0.296. The standard InChI is InChI=1S/C26H20F6N2O6S/c27-25(28,29)16-5-10-20-23(11-16)39-22-4-2-1-3-19(22)34(20)21-14-38-13-15(24(21)35)12-33-41(36,37)18-8-6-17(7-9-18)40-26(30,31)32/h1-12,15,21,24,35H,13-14H2/t15?,21-,24-/m0/s1. The Bertz CT molecular complexity index is 1560. The maximum atomic E-state index is 13.4. The van der Waals surface area contributed by atoms with Crippen LogP contribution in [-0.2, 0) is 20.9 Å². The molecule has 1 saturated heterocycles. The smallest absolute Gasteiger partial charge is 0.453 e. The average Bonchev–Trinajstić information content (AvgIpc) is 2.90. The largest absolute Gasteiger partial charge is 0.573 e. The Balaban J connectivity index is 1.41. The molecule has 218 valence electrons. The van der Waals surface area contributed by atoms with E-state index in [1.54, 1.807) is 29.2 Å². The number of aliphatic hydroxyl groups is 1. The number of hydrogen-bond acceptors (Lipinski definition) is 7. The Morgan fingerprint density at radius 3 is 2.29 bits per heavy atom. The number of benzene rings is 3. The molecule has 0 radical (unpaired) electrons. The number of fused-ring (bicyclic) bond motifs is 2. The van der Waals surface area contributed by atoms with Gasteiger partial charge in [0.25, 0.3) is 10.0 Å². The molecule has 1 unspecified atom stereocenters. The van der Waals surface area contributed by atoms with Gasteiger partial charge in [0, 0.05) is 12.1 Å². The van der Waals surface area contributed by atoms with Crippen molar-refractivity contribution in [2.45, 2.75) is 29.6 Å². The second-order valence-corrected chi connectivity index (χ2v) is 10.8. The van der Waals surface area contributed by atoms with Gasteiger partial charge in [-0.15, -0.1) is 13.2 Å². The Labute approximate surface area is 229 Å². The number of rotatable bonds is 5. The van der Waals surface area contributed by atoms with Gasteiger partial charge in [0.2, 0.25) is 0 Å². The zero-order valence-corrected chi connectivity index (χ0v) is 21.4. The van der Waals surface area contributed by atoms with Crippen molar-refractivity contribution in [2.75, 3.05) is 18.1 Å². The number of halogens is 6. The van der Waals surface area contributed by atoms with E-state index in [0.717, 1.165) is 42.6 Å². The van der Waals surface area contributed by atoms with Crippen LogP contribution in [-0.4, -0.2) is 51.5 Å². The third-order valence-electron chi connectivity index (χ3n) is 6.40. The molecule has 2 aliphatic heterocycles. The molecule has 41 heavy (non-hydrogen) atoms. The van der Waals surface area contributed by atoms with Crippen LogP contribution < -0.4 is 14.4 Å². The van der Waals surface area contributed by atoms with Crippen LogP contribution in [0.1, 0.15) is 5.56 Å². The molecule has 1 N–H and O–H groups in total. The molecule has 3 aromatic carbocycles. The van der Waals surface area contributed by atoms with Gasteiger partial charge in [-0.05, 0) is 54.6 Å². The summed E-state index contributed by atoms with van der Waals surface area (Å²) in [6.45, 7) is -0.186. The van der Waals surface area contributed by atoms with Gasteiger partial charge in [0.05, 0.1) is 47.2 Å². The van der Waals surface area contributed by atoms with Gasteiger partial charge in [0.1, 0.15) is 5.75 Å². The van der Waals surface area contributed by atoms with Crippen molar-refractivity contribution in [3.05, 3.63) is 72.3 Å². The van der Waals surface area contributed by atoms with Crippen molar-refractivity contribution >= 4 is 27.6 Å². The zero-order chi connectivity index (χ0) is 29.6. The van der Waals surface area contributed by atoms with Gasteiger partial charge >= 0.3 is 12.5 Å². The van der Waals surface area contributed by atoms with Crippen LogP contribution in [0.15, 0.2) is 76.0 Å². The van der Waals surface area contributed by atoms with E-state index in [0.29, 0.717) is 5.69 Å². The lowest BCUT2D eigenvalue weighted by Crippen LogP contribution is -2.53. The van der Waals surface area contributed by atoms with Crippen molar-refractivity contribution in [2.24, 2.45) is 10.3 Å².